The van der Waals surface area contributed by atoms with Crippen molar-refractivity contribution >= 4 is 21.8 Å². The van der Waals surface area contributed by atoms with E-state index in [0.717, 1.165) is 56.3 Å². The average Bonchev–Trinajstić information content (AvgIpc) is 3.64. The first kappa shape index (κ1) is 42.2. The zero-order valence-electron chi connectivity index (χ0n) is 35.9. The van der Waals surface area contributed by atoms with Gasteiger partial charge in [0.05, 0.1) is 39.2 Å². The Labute approximate surface area is 377 Å². The Morgan fingerprint density at radius 2 is 0.879 bits per heavy atom. The predicted molar refractivity (Wildman–Crippen MR) is 253 cm³/mol. The molecule has 2 aromatic heterocycles. The third kappa shape index (κ3) is 7.60. The molecule has 0 aliphatic rings. The number of para-hydroxylation sites is 1. The van der Waals surface area contributed by atoms with Gasteiger partial charge in [0.1, 0.15) is 0 Å². The highest BCUT2D eigenvalue weighted by Crippen LogP contribution is 2.49. The minimum atomic E-state index is -4.83. The second-order valence-corrected chi connectivity index (χ2v) is 16.6. The molecule has 3 nitrogen and oxygen atoms in total. The van der Waals surface area contributed by atoms with Gasteiger partial charge >= 0.3 is 12.4 Å². The van der Waals surface area contributed by atoms with Crippen LogP contribution in [-0.4, -0.2) is 14.5 Å². The number of aromatic nitrogens is 3. The first-order valence-corrected chi connectivity index (χ1v) is 21.4. The van der Waals surface area contributed by atoms with Crippen LogP contribution in [0.2, 0.25) is 0 Å². The topological polar surface area (TPSA) is 30.7 Å². The fraction of sp³-hybridized carbons (Fsp3) is 0.0877. The SMILES string of the molecule is Cc1cc(C)c(-c2ccc3c(c2)c2ccccc2n3-c2c(-c3ccccc3C(F)(F)F)cc(-c3cc(-c4ccccc4)nc(-c4ccccc4)n3)cc2-c2ccccc2C(F)(F)F)c(C)c1. The second-order valence-electron chi connectivity index (χ2n) is 16.6. The molecular formula is C57H39F6N3. The summed E-state index contributed by atoms with van der Waals surface area (Å²) in [4.78, 5) is 9.91. The molecule has 0 aliphatic carbocycles. The molecule has 0 fully saturated rings. The maximum Gasteiger partial charge on any atom is 0.417 e. The van der Waals surface area contributed by atoms with Crippen molar-refractivity contribution in [1.82, 2.24) is 14.5 Å². The Bertz CT molecular complexity index is 3320. The number of rotatable bonds is 7. The van der Waals surface area contributed by atoms with E-state index in [1.165, 1.54) is 36.4 Å². The number of aryl methyl sites for hydroxylation is 3. The van der Waals surface area contributed by atoms with E-state index in [-0.39, 0.29) is 27.9 Å². The molecule has 0 spiro atoms. The van der Waals surface area contributed by atoms with Gasteiger partial charge in [-0.2, -0.15) is 26.3 Å². The maximum atomic E-state index is 15.4. The fourth-order valence-electron chi connectivity index (χ4n) is 9.44. The third-order valence-electron chi connectivity index (χ3n) is 12.1. The lowest BCUT2D eigenvalue weighted by atomic mass is 9.88. The van der Waals surface area contributed by atoms with Crippen LogP contribution in [0.15, 0.2) is 182 Å². The van der Waals surface area contributed by atoms with Crippen molar-refractivity contribution in [3.8, 4) is 73.0 Å². The maximum absolute atomic E-state index is 15.4. The van der Waals surface area contributed by atoms with Crippen molar-refractivity contribution in [2.45, 2.75) is 33.1 Å². The van der Waals surface area contributed by atoms with Crippen LogP contribution in [0, 0.1) is 20.8 Å². The number of benzene rings is 8. The summed E-state index contributed by atoms with van der Waals surface area (Å²) in [6.07, 6.45) is -9.66. The van der Waals surface area contributed by atoms with Crippen LogP contribution in [0.25, 0.3) is 94.8 Å². The van der Waals surface area contributed by atoms with Gasteiger partial charge in [0, 0.05) is 38.6 Å². The first-order valence-electron chi connectivity index (χ1n) is 21.4. The number of halogens is 6. The van der Waals surface area contributed by atoms with Crippen LogP contribution in [0.5, 0.6) is 0 Å². The highest BCUT2D eigenvalue weighted by atomic mass is 19.4. The van der Waals surface area contributed by atoms with E-state index < -0.39 is 23.5 Å². The molecule has 8 aromatic carbocycles. The normalized spacial score (nSPS) is 12.0. The van der Waals surface area contributed by atoms with Crippen LogP contribution < -0.4 is 0 Å². The van der Waals surface area contributed by atoms with Crippen molar-refractivity contribution in [2.75, 3.05) is 0 Å². The summed E-state index contributed by atoms with van der Waals surface area (Å²) < 4.78 is 94.1. The molecule has 9 heteroatoms. The summed E-state index contributed by atoms with van der Waals surface area (Å²) in [5.74, 6) is 0.336. The summed E-state index contributed by atoms with van der Waals surface area (Å²) in [6, 6.07) is 51.7. The molecule has 10 aromatic rings. The quantitative estimate of drug-likeness (QED) is 0.149. The predicted octanol–water partition coefficient (Wildman–Crippen LogP) is 16.5. The number of nitrogens with zero attached hydrogens (tertiary/aromatic N) is 3. The Morgan fingerprint density at radius 3 is 1.45 bits per heavy atom. The molecule has 0 radical (unpaired) electrons. The van der Waals surface area contributed by atoms with E-state index >= 15 is 26.3 Å². The first-order chi connectivity index (χ1) is 31.7. The van der Waals surface area contributed by atoms with Gasteiger partial charge < -0.3 is 4.57 Å². The van der Waals surface area contributed by atoms with Gasteiger partial charge in [0.2, 0.25) is 0 Å². The minimum absolute atomic E-state index is 0.0606. The standard InChI is InChI=1S/C57H39F6N3/c1-34-28-35(2)53(36(3)29-34)39-26-27-52-44(30-39)43-22-12-15-25-51(43)66(52)54-45(41-20-10-13-23-47(41)56(58,59)60)31-40(32-46(54)42-21-11-14-24-48(42)57(61,62)63)50-33-49(37-16-6-4-7-17-37)64-55(65-50)38-18-8-5-9-19-38/h4-33H,1-3H3. The molecule has 10 rings (SSSR count). The van der Waals surface area contributed by atoms with Gasteiger partial charge in [0.25, 0.3) is 0 Å². The third-order valence-corrected chi connectivity index (χ3v) is 12.1. The summed E-state index contributed by atoms with van der Waals surface area (Å²) in [6.45, 7) is 6.16. The van der Waals surface area contributed by atoms with Crippen molar-refractivity contribution in [2.24, 2.45) is 0 Å². The molecule has 0 saturated carbocycles. The van der Waals surface area contributed by atoms with Crippen LogP contribution in [-0.2, 0) is 12.4 Å². The number of hydrogen-bond donors (Lipinski definition) is 0. The fourth-order valence-corrected chi connectivity index (χ4v) is 9.44. The lowest BCUT2D eigenvalue weighted by Gasteiger charge is -2.24. The van der Waals surface area contributed by atoms with Crippen molar-refractivity contribution in [1.29, 1.82) is 0 Å². The van der Waals surface area contributed by atoms with Crippen LogP contribution in [0.4, 0.5) is 26.3 Å². The van der Waals surface area contributed by atoms with E-state index in [2.05, 4.69) is 32.0 Å². The summed E-state index contributed by atoms with van der Waals surface area (Å²) in [5, 5.41) is 1.56. The van der Waals surface area contributed by atoms with E-state index in [0.29, 0.717) is 39.4 Å². The molecule has 2 heterocycles. The summed E-state index contributed by atoms with van der Waals surface area (Å²) >= 11 is 0. The Hall–Kier alpha value is -7.78. The molecule has 0 unspecified atom stereocenters. The molecule has 0 saturated heterocycles. The number of fused-ring (bicyclic) bond motifs is 3. The molecule has 0 N–H and O–H groups in total. The van der Waals surface area contributed by atoms with Gasteiger partial charge in [-0.25, -0.2) is 9.97 Å². The molecule has 0 atom stereocenters. The van der Waals surface area contributed by atoms with E-state index in [1.807, 2.05) is 109 Å². The van der Waals surface area contributed by atoms with Crippen LogP contribution in [0.1, 0.15) is 27.8 Å². The lowest BCUT2D eigenvalue weighted by Crippen LogP contribution is -2.11. The van der Waals surface area contributed by atoms with E-state index in [4.69, 9.17) is 9.97 Å². The summed E-state index contributed by atoms with van der Waals surface area (Å²) in [5.41, 5.74) is 7.02. The monoisotopic (exact) mass is 879 g/mol. The number of hydrogen-bond acceptors (Lipinski definition) is 2. The molecular weight excluding hydrogens is 841 g/mol. The Kier molecular flexibility index (Phi) is 10.4. The molecule has 324 valence electrons. The lowest BCUT2D eigenvalue weighted by molar-refractivity contribution is -0.137. The van der Waals surface area contributed by atoms with Gasteiger partial charge in [-0.3, -0.25) is 0 Å². The van der Waals surface area contributed by atoms with Crippen molar-refractivity contribution in [3.05, 3.63) is 210 Å². The summed E-state index contributed by atoms with van der Waals surface area (Å²) in [7, 11) is 0. The van der Waals surface area contributed by atoms with E-state index in [1.54, 1.807) is 18.2 Å². The van der Waals surface area contributed by atoms with Crippen LogP contribution in [0.3, 0.4) is 0 Å². The Balaban J connectivity index is 1.37. The van der Waals surface area contributed by atoms with Gasteiger partial charge in [-0.05, 0) is 103 Å². The smallest absolute Gasteiger partial charge is 0.308 e. The van der Waals surface area contributed by atoms with Crippen LogP contribution >= 0.6 is 0 Å². The van der Waals surface area contributed by atoms with Crippen molar-refractivity contribution < 1.29 is 26.3 Å². The highest BCUT2D eigenvalue weighted by Gasteiger charge is 2.37. The molecule has 0 aliphatic heterocycles. The number of alkyl halides is 6. The second kappa shape index (κ2) is 16.3. The largest absolute Gasteiger partial charge is 0.417 e. The molecule has 66 heavy (non-hydrogen) atoms. The minimum Gasteiger partial charge on any atom is -0.308 e. The molecule has 0 amide bonds. The highest BCUT2D eigenvalue weighted by molar-refractivity contribution is 6.12. The zero-order chi connectivity index (χ0) is 45.9. The van der Waals surface area contributed by atoms with Gasteiger partial charge in [-0.1, -0.05) is 139 Å². The Morgan fingerprint density at radius 1 is 0.394 bits per heavy atom. The van der Waals surface area contributed by atoms with Gasteiger partial charge in [0.15, 0.2) is 5.82 Å². The van der Waals surface area contributed by atoms with E-state index in [9.17, 15) is 0 Å². The zero-order valence-corrected chi connectivity index (χ0v) is 35.9. The average molecular weight is 880 g/mol. The van der Waals surface area contributed by atoms with Gasteiger partial charge in [-0.15, -0.1) is 0 Å². The molecule has 0 bridgehead atoms. The van der Waals surface area contributed by atoms with Crippen molar-refractivity contribution in [3.63, 3.8) is 0 Å².